The third kappa shape index (κ3) is 8.13. The highest BCUT2D eigenvalue weighted by molar-refractivity contribution is 8.15. The number of rotatable bonds is 6. The number of benzene rings is 2. The second kappa shape index (κ2) is 16.4. The van der Waals surface area contributed by atoms with Crippen LogP contribution < -0.4 is 17.2 Å². The molecular formula is C43H42ClF4N11O2S2. The van der Waals surface area contributed by atoms with Crippen molar-refractivity contribution >= 4 is 73.2 Å². The van der Waals surface area contributed by atoms with E-state index in [1.807, 2.05) is 13.8 Å². The van der Waals surface area contributed by atoms with E-state index in [-0.39, 0.29) is 58.6 Å². The first-order valence-corrected chi connectivity index (χ1v) is 21.7. The number of nitrogen functional groups attached to an aromatic ring is 1. The van der Waals surface area contributed by atoms with Gasteiger partial charge in [-0.15, -0.1) is 0 Å². The molecule has 6 atom stereocenters. The molecule has 4 aliphatic rings. The Bertz CT molecular complexity index is 2880. The van der Waals surface area contributed by atoms with E-state index in [2.05, 4.69) is 39.9 Å². The number of pyridine rings is 2. The van der Waals surface area contributed by atoms with Crippen molar-refractivity contribution in [3.05, 3.63) is 123 Å². The number of aliphatic hydroxyl groups is 2. The zero-order valence-electron chi connectivity index (χ0n) is 34.4. The normalized spacial score (nSPS) is 26.6. The van der Waals surface area contributed by atoms with Gasteiger partial charge in [-0.2, -0.15) is 0 Å². The molecule has 0 bridgehead atoms. The molecule has 10 rings (SSSR count). The van der Waals surface area contributed by atoms with E-state index >= 15 is 4.39 Å². The SMILES string of the molecule is C[C@]1(c2cc(N)cc(F)c2F)N=C(N)S[C@@]2(CO)C[C@H]21.Cc1cnc2c(Cc3cc(F)c(F)c([C@@]4(C)N=C(N)S[C@@]5(CO)C[C@H]54)c3)nccc2n1.Cc1cnc2c(Cl)nccc2n1. The van der Waals surface area contributed by atoms with Crippen molar-refractivity contribution in [2.24, 2.45) is 33.3 Å². The van der Waals surface area contributed by atoms with Crippen LogP contribution in [0.2, 0.25) is 5.15 Å². The summed E-state index contributed by atoms with van der Waals surface area (Å²) in [6.45, 7) is 7.05. The molecule has 0 saturated heterocycles. The number of aliphatic hydroxyl groups excluding tert-OH is 2. The van der Waals surface area contributed by atoms with Crippen LogP contribution in [-0.2, 0) is 17.5 Å². The van der Waals surface area contributed by atoms with Gasteiger partial charge >= 0.3 is 0 Å². The number of hydrogen-bond donors (Lipinski definition) is 5. The number of thioether (sulfide) groups is 2. The summed E-state index contributed by atoms with van der Waals surface area (Å²) in [6.07, 6.45) is 8.15. The van der Waals surface area contributed by atoms with E-state index in [1.165, 1.54) is 35.7 Å². The van der Waals surface area contributed by atoms with Crippen LogP contribution in [-0.4, -0.2) is 73.2 Å². The standard InChI is InChI=1S/C22H21F2N5OS.C13H15F2N3OS.C8H6ClN3/c1-11-9-27-19-15(28-11)3-4-26-16(19)7-12-5-13(18(24)14(23)6-12)21(2)17-8-22(17,10-30)31-20(25)29-21;1-12(7-2-6(16)3-8(14)10(7)15)9-4-13(9,5-19)20-11(17)18-12;1-5-4-11-7-6(12-5)2-3-10-8(7)9/h3-6,9,17,30H,7-8,10H2,1-2H3,(H2,25,29);2-3,9,19H,4-5,16H2,1H3,(H2,17,18);2-4H,1H3/t17-,21+,22+;9-,12+,13+;/m00./s1. The van der Waals surface area contributed by atoms with Crippen molar-refractivity contribution in [1.29, 1.82) is 0 Å². The van der Waals surface area contributed by atoms with Gasteiger partial charge in [-0.1, -0.05) is 35.1 Å². The van der Waals surface area contributed by atoms with E-state index in [0.717, 1.165) is 23.0 Å². The quantitative estimate of drug-likeness (QED) is 0.0661. The van der Waals surface area contributed by atoms with Crippen LogP contribution in [0.5, 0.6) is 0 Å². The minimum Gasteiger partial charge on any atom is -0.399 e. The minimum absolute atomic E-state index is 0.0689. The van der Waals surface area contributed by atoms with Crippen LogP contribution in [0, 0.1) is 49.0 Å². The van der Waals surface area contributed by atoms with Crippen molar-refractivity contribution in [2.45, 2.75) is 67.5 Å². The number of amidine groups is 2. The Morgan fingerprint density at radius 1 is 0.698 bits per heavy atom. The molecule has 2 saturated carbocycles. The predicted octanol–water partition coefficient (Wildman–Crippen LogP) is 6.79. The molecule has 6 aromatic rings. The van der Waals surface area contributed by atoms with Gasteiger partial charge in [-0.25, -0.2) is 37.5 Å². The second-order valence-corrected chi connectivity index (χ2v) is 19.7. The molecule has 20 heteroatoms. The maximum absolute atomic E-state index is 15.0. The summed E-state index contributed by atoms with van der Waals surface area (Å²) in [4.78, 5) is 34.4. The molecule has 8 N–H and O–H groups in total. The minimum atomic E-state index is -1.05. The average molecular weight is 920 g/mol. The Morgan fingerprint density at radius 3 is 1.75 bits per heavy atom. The zero-order valence-corrected chi connectivity index (χ0v) is 36.8. The predicted molar refractivity (Wildman–Crippen MR) is 238 cm³/mol. The Balaban J connectivity index is 0.000000145. The van der Waals surface area contributed by atoms with Crippen LogP contribution in [0.25, 0.3) is 22.1 Å². The number of nitrogens with two attached hydrogens (primary N) is 3. The number of halogens is 5. The average Bonchev–Trinajstić information content (AvgIpc) is 4.16. The van der Waals surface area contributed by atoms with E-state index < -0.39 is 43.8 Å². The van der Waals surface area contributed by atoms with Gasteiger partial charge in [0.05, 0.1) is 61.9 Å². The van der Waals surface area contributed by atoms with Gasteiger partial charge in [0.15, 0.2) is 38.8 Å². The van der Waals surface area contributed by atoms with Gasteiger partial charge in [-0.3, -0.25) is 20.0 Å². The Labute approximate surface area is 372 Å². The molecule has 63 heavy (non-hydrogen) atoms. The molecule has 0 unspecified atom stereocenters. The smallest absolute Gasteiger partial charge is 0.164 e. The summed E-state index contributed by atoms with van der Waals surface area (Å²) in [5.74, 6) is -4.05. The summed E-state index contributed by atoms with van der Waals surface area (Å²) in [5.41, 5.74) is 21.4. The van der Waals surface area contributed by atoms with Gasteiger partial charge < -0.3 is 27.4 Å². The third-order valence-electron chi connectivity index (χ3n) is 12.0. The maximum Gasteiger partial charge on any atom is 0.164 e. The van der Waals surface area contributed by atoms with Gasteiger partial charge in [0.25, 0.3) is 0 Å². The Kier molecular flexibility index (Phi) is 11.6. The monoisotopic (exact) mass is 919 g/mol. The molecule has 2 aliphatic heterocycles. The van der Waals surface area contributed by atoms with Gasteiger partial charge in [0, 0.05) is 59.9 Å². The number of nitrogens with zero attached hydrogens (tertiary/aromatic N) is 8. The molecule has 13 nitrogen and oxygen atoms in total. The van der Waals surface area contributed by atoms with E-state index in [4.69, 9.17) is 28.8 Å². The number of aryl methyl sites for hydroxylation is 2. The fourth-order valence-electron chi connectivity index (χ4n) is 8.72. The van der Waals surface area contributed by atoms with Crippen molar-refractivity contribution in [3.8, 4) is 0 Å². The zero-order chi connectivity index (χ0) is 45.2. The van der Waals surface area contributed by atoms with Gasteiger partial charge in [0.2, 0.25) is 0 Å². The van der Waals surface area contributed by atoms with E-state index in [1.54, 1.807) is 56.8 Å². The summed E-state index contributed by atoms with van der Waals surface area (Å²) in [5, 5.41) is 20.4. The number of hydrogen-bond acceptors (Lipinski definition) is 15. The summed E-state index contributed by atoms with van der Waals surface area (Å²) in [6, 6.07) is 8.72. The lowest BCUT2D eigenvalue weighted by atomic mass is 9.84. The summed E-state index contributed by atoms with van der Waals surface area (Å²) >= 11 is 8.42. The van der Waals surface area contributed by atoms with Crippen molar-refractivity contribution in [2.75, 3.05) is 18.9 Å². The van der Waals surface area contributed by atoms with Gasteiger partial charge in [0.1, 0.15) is 11.0 Å². The lowest BCUT2D eigenvalue weighted by molar-refractivity contribution is 0.264. The molecule has 0 amide bonds. The number of aromatic nitrogens is 6. The lowest BCUT2D eigenvalue weighted by Crippen LogP contribution is -2.37. The largest absolute Gasteiger partial charge is 0.399 e. The first kappa shape index (κ1) is 44.4. The molecule has 2 aliphatic carbocycles. The van der Waals surface area contributed by atoms with Crippen molar-refractivity contribution < 1.29 is 27.8 Å². The number of aliphatic imine (C=N–C) groups is 2. The van der Waals surface area contributed by atoms with Crippen LogP contribution in [0.1, 0.15) is 60.5 Å². The molecular weight excluding hydrogens is 878 g/mol. The molecule has 4 aromatic heterocycles. The Hall–Kier alpha value is -5.21. The van der Waals surface area contributed by atoms with Crippen LogP contribution in [0.3, 0.4) is 0 Å². The molecule has 0 radical (unpaired) electrons. The topological polar surface area (TPSA) is 221 Å². The number of fused-ring (bicyclic) bond motifs is 4. The first-order chi connectivity index (χ1) is 29.8. The van der Waals surface area contributed by atoms with Crippen molar-refractivity contribution in [1.82, 2.24) is 29.9 Å². The third-order valence-corrected chi connectivity index (χ3v) is 14.9. The van der Waals surface area contributed by atoms with Crippen LogP contribution >= 0.6 is 35.1 Å². The highest BCUT2D eigenvalue weighted by Gasteiger charge is 2.67. The second-order valence-electron chi connectivity index (χ2n) is 16.5. The fraction of sp³-hybridized carbons (Fsp3) is 0.349. The molecule has 328 valence electrons. The molecule has 0 spiro atoms. The fourth-order valence-corrected chi connectivity index (χ4v) is 11.6. The maximum atomic E-state index is 15.0. The molecule has 2 fully saturated rings. The molecule has 2 aromatic carbocycles. The number of anilines is 1. The van der Waals surface area contributed by atoms with Crippen LogP contribution in [0.4, 0.5) is 23.2 Å². The lowest BCUT2D eigenvalue weighted by Gasteiger charge is -2.34. The van der Waals surface area contributed by atoms with E-state index in [9.17, 15) is 23.4 Å². The van der Waals surface area contributed by atoms with Crippen LogP contribution in [0.15, 0.2) is 71.2 Å². The molecule has 6 heterocycles. The summed E-state index contributed by atoms with van der Waals surface area (Å²) in [7, 11) is 0. The first-order valence-electron chi connectivity index (χ1n) is 19.7. The summed E-state index contributed by atoms with van der Waals surface area (Å²) < 4.78 is 56.5. The highest BCUT2D eigenvalue weighted by Crippen LogP contribution is 2.66. The van der Waals surface area contributed by atoms with Gasteiger partial charge in [-0.05, 0) is 82.5 Å². The van der Waals surface area contributed by atoms with Crippen molar-refractivity contribution in [3.63, 3.8) is 0 Å². The van der Waals surface area contributed by atoms with E-state index in [0.29, 0.717) is 45.8 Å². The Morgan fingerprint density at radius 2 is 1.19 bits per heavy atom. The highest BCUT2D eigenvalue weighted by atomic mass is 35.5.